The van der Waals surface area contributed by atoms with E-state index in [4.69, 9.17) is 10.3 Å². The Morgan fingerprint density at radius 1 is 1.62 bits per heavy atom. The highest BCUT2D eigenvalue weighted by atomic mass is 16.9. The first-order chi connectivity index (χ1) is 3.63. The van der Waals surface area contributed by atoms with E-state index in [-0.39, 0.29) is 6.54 Å². The van der Waals surface area contributed by atoms with Gasteiger partial charge in [-0.15, -0.1) is 0 Å². The van der Waals surface area contributed by atoms with Gasteiger partial charge in [0.05, 0.1) is 0 Å². The molecule has 0 spiro atoms. The summed E-state index contributed by atoms with van der Waals surface area (Å²) in [4.78, 5) is -1.46. The maximum absolute atomic E-state index is 10.5. The lowest BCUT2D eigenvalue weighted by molar-refractivity contribution is -1.09. The Bertz CT molecular complexity index is 93.3. The van der Waals surface area contributed by atoms with Crippen molar-refractivity contribution in [3.05, 3.63) is 5.21 Å². The predicted octanol–water partition coefficient (Wildman–Crippen LogP) is -0.198. The van der Waals surface area contributed by atoms with E-state index in [1.54, 1.807) is 0 Å². The van der Waals surface area contributed by atoms with Gasteiger partial charge in [-0.2, -0.15) is 4.81 Å². The van der Waals surface area contributed by atoms with Gasteiger partial charge in [-0.05, 0) is 0 Å². The van der Waals surface area contributed by atoms with Crippen molar-refractivity contribution in [2.45, 2.75) is 19.1 Å². The molecule has 1 saturated heterocycles. The zero-order valence-electron chi connectivity index (χ0n) is 4.45. The highest BCUT2D eigenvalue weighted by Gasteiger charge is 2.31. The molecule has 0 radical (unpaired) electrons. The number of hydrogen-bond donors (Lipinski definition) is 2. The summed E-state index contributed by atoms with van der Waals surface area (Å²) in [7, 11) is 0. The third-order valence-corrected chi connectivity index (χ3v) is 1.41. The molecule has 1 aliphatic heterocycles. The SMILES string of the molecule is [O-][N+]1(O)CCCC1O. The standard InChI is InChI=1S/C4H9NO3/c6-4-2-1-3-5(4,7)8/h4,6-7H,1-3H2. The molecule has 1 fully saturated rings. The summed E-state index contributed by atoms with van der Waals surface area (Å²) in [5.41, 5.74) is 0. The summed E-state index contributed by atoms with van der Waals surface area (Å²) in [6.07, 6.45) is -0.0729. The second-order valence-electron chi connectivity index (χ2n) is 2.10. The molecule has 0 bridgehead atoms. The van der Waals surface area contributed by atoms with Crippen LogP contribution in [0.5, 0.6) is 0 Å². The largest absolute Gasteiger partial charge is 0.596 e. The van der Waals surface area contributed by atoms with Crippen molar-refractivity contribution < 1.29 is 15.1 Å². The number of hydrogen-bond acceptors (Lipinski definition) is 3. The minimum Gasteiger partial charge on any atom is -0.596 e. The Morgan fingerprint density at radius 3 is 2.38 bits per heavy atom. The molecular weight excluding hydrogens is 110 g/mol. The lowest BCUT2D eigenvalue weighted by atomic mass is 10.4. The number of nitrogens with zero attached hydrogens (tertiary/aromatic N) is 1. The number of hydroxylamine groups is 4. The van der Waals surface area contributed by atoms with Crippen LogP contribution < -0.4 is 0 Å². The normalized spacial score (nSPS) is 47.6. The lowest BCUT2D eigenvalue weighted by Crippen LogP contribution is -2.42. The van der Waals surface area contributed by atoms with Crippen molar-refractivity contribution in [3.8, 4) is 0 Å². The number of quaternary nitrogens is 1. The molecule has 2 N–H and O–H groups in total. The molecular formula is C4H9NO3. The van der Waals surface area contributed by atoms with Gasteiger partial charge in [0.1, 0.15) is 6.54 Å². The maximum atomic E-state index is 10.5. The van der Waals surface area contributed by atoms with Crippen molar-refractivity contribution in [2.75, 3.05) is 6.54 Å². The molecule has 0 saturated carbocycles. The third-order valence-electron chi connectivity index (χ3n) is 1.41. The summed E-state index contributed by atoms with van der Waals surface area (Å²) in [6, 6.07) is 0. The summed E-state index contributed by atoms with van der Waals surface area (Å²) in [5.74, 6) is 0. The first-order valence-electron chi connectivity index (χ1n) is 2.62. The van der Waals surface area contributed by atoms with E-state index in [0.29, 0.717) is 12.8 Å². The molecule has 2 unspecified atom stereocenters. The summed E-state index contributed by atoms with van der Waals surface area (Å²) >= 11 is 0. The maximum Gasteiger partial charge on any atom is 0.220 e. The van der Waals surface area contributed by atoms with E-state index in [1.165, 1.54) is 0 Å². The molecule has 1 aliphatic rings. The van der Waals surface area contributed by atoms with Gasteiger partial charge in [-0.25, -0.2) is 5.21 Å². The highest BCUT2D eigenvalue weighted by Crippen LogP contribution is 2.19. The van der Waals surface area contributed by atoms with Crippen molar-refractivity contribution in [1.29, 1.82) is 0 Å². The summed E-state index contributed by atoms with van der Waals surface area (Å²) in [5, 5.41) is 27.7. The van der Waals surface area contributed by atoms with Gasteiger partial charge < -0.3 is 10.3 Å². The van der Waals surface area contributed by atoms with E-state index in [9.17, 15) is 5.21 Å². The van der Waals surface area contributed by atoms with Crippen LogP contribution in [0.3, 0.4) is 0 Å². The van der Waals surface area contributed by atoms with Gasteiger partial charge in [0, 0.05) is 12.8 Å². The average Bonchev–Trinajstić information content (AvgIpc) is 1.86. The fourth-order valence-corrected chi connectivity index (χ4v) is 0.851. The van der Waals surface area contributed by atoms with Crippen LogP contribution in [0.2, 0.25) is 0 Å². The molecule has 1 rings (SSSR count). The Kier molecular flexibility index (Phi) is 1.24. The molecule has 0 aromatic heterocycles. The molecule has 0 amide bonds. The fourth-order valence-electron chi connectivity index (χ4n) is 0.851. The average molecular weight is 119 g/mol. The Morgan fingerprint density at radius 2 is 2.25 bits per heavy atom. The predicted molar refractivity (Wildman–Crippen MR) is 25.5 cm³/mol. The van der Waals surface area contributed by atoms with Crippen molar-refractivity contribution in [3.63, 3.8) is 0 Å². The molecule has 2 atom stereocenters. The van der Waals surface area contributed by atoms with Gasteiger partial charge in [-0.3, -0.25) is 0 Å². The van der Waals surface area contributed by atoms with Gasteiger partial charge >= 0.3 is 0 Å². The first-order valence-corrected chi connectivity index (χ1v) is 2.62. The zero-order chi connectivity index (χ0) is 6.20. The van der Waals surface area contributed by atoms with E-state index in [1.807, 2.05) is 0 Å². The Balaban J connectivity index is 2.54. The van der Waals surface area contributed by atoms with Crippen LogP contribution >= 0.6 is 0 Å². The minimum atomic E-state index is -1.46. The Labute approximate surface area is 47.1 Å². The van der Waals surface area contributed by atoms with Crippen molar-refractivity contribution in [1.82, 2.24) is 0 Å². The van der Waals surface area contributed by atoms with Crippen LogP contribution in [0.1, 0.15) is 12.8 Å². The summed E-state index contributed by atoms with van der Waals surface area (Å²) in [6.45, 7) is 0.126. The lowest BCUT2D eigenvalue weighted by Gasteiger charge is -2.31. The second kappa shape index (κ2) is 1.66. The van der Waals surface area contributed by atoms with Crippen LogP contribution in [-0.2, 0) is 0 Å². The highest BCUT2D eigenvalue weighted by molar-refractivity contribution is 4.52. The molecule has 0 aromatic carbocycles. The van der Waals surface area contributed by atoms with Crippen molar-refractivity contribution in [2.24, 2.45) is 0 Å². The third kappa shape index (κ3) is 0.830. The van der Waals surface area contributed by atoms with Crippen LogP contribution in [0, 0.1) is 5.21 Å². The second-order valence-corrected chi connectivity index (χ2v) is 2.10. The summed E-state index contributed by atoms with van der Waals surface area (Å²) < 4.78 is 0. The topological polar surface area (TPSA) is 63.5 Å². The van der Waals surface area contributed by atoms with E-state index < -0.39 is 11.0 Å². The molecule has 4 nitrogen and oxygen atoms in total. The fraction of sp³-hybridized carbons (Fsp3) is 1.00. The Hall–Kier alpha value is -0.160. The smallest absolute Gasteiger partial charge is 0.220 e. The number of rotatable bonds is 0. The van der Waals surface area contributed by atoms with E-state index in [0.717, 1.165) is 0 Å². The molecule has 48 valence electrons. The van der Waals surface area contributed by atoms with Gasteiger partial charge in [-0.1, -0.05) is 0 Å². The van der Waals surface area contributed by atoms with Crippen LogP contribution in [0.15, 0.2) is 0 Å². The monoisotopic (exact) mass is 119 g/mol. The van der Waals surface area contributed by atoms with E-state index in [2.05, 4.69) is 0 Å². The number of aliphatic hydroxyl groups is 1. The molecule has 0 aromatic rings. The first kappa shape index (κ1) is 5.97. The van der Waals surface area contributed by atoms with Crippen LogP contribution in [-0.4, -0.2) is 27.9 Å². The van der Waals surface area contributed by atoms with Gasteiger partial charge in [0.25, 0.3) is 0 Å². The molecule has 4 heteroatoms. The molecule has 0 aliphatic carbocycles. The quantitative estimate of drug-likeness (QED) is 0.343. The van der Waals surface area contributed by atoms with Gasteiger partial charge in [0.15, 0.2) is 0 Å². The number of aliphatic hydroxyl groups excluding tert-OH is 1. The van der Waals surface area contributed by atoms with Crippen molar-refractivity contribution >= 4 is 0 Å². The minimum absolute atomic E-state index is 0.126. The molecule has 1 heterocycles. The van der Waals surface area contributed by atoms with Gasteiger partial charge in [0.2, 0.25) is 6.23 Å². The van der Waals surface area contributed by atoms with E-state index >= 15 is 0 Å². The molecule has 8 heavy (non-hydrogen) atoms. The van der Waals surface area contributed by atoms with Crippen LogP contribution in [0.25, 0.3) is 0 Å². The zero-order valence-corrected chi connectivity index (χ0v) is 4.45. The van der Waals surface area contributed by atoms with Crippen LogP contribution in [0.4, 0.5) is 0 Å².